The molecule has 94 valence electrons. The summed E-state index contributed by atoms with van der Waals surface area (Å²) in [5.41, 5.74) is 6.79. The van der Waals surface area contributed by atoms with Crippen molar-refractivity contribution >= 4 is 5.78 Å². The maximum Gasteiger partial charge on any atom is 0.167 e. The first-order valence-electron chi connectivity index (χ1n) is 5.64. The third-order valence-electron chi connectivity index (χ3n) is 2.46. The Labute approximate surface area is 101 Å². The van der Waals surface area contributed by atoms with Crippen molar-refractivity contribution in [2.75, 3.05) is 6.61 Å². The number of hydrogen-bond acceptors (Lipinski definition) is 4. The molecular weight excluding hydrogens is 218 g/mol. The fourth-order valence-corrected chi connectivity index (χ4v) is 1.35. The fraction of sp³-hybridized carbons (Fsp3) is 0.462. The van der Waals surface area contributed by atoms with Gasteiger partial charge in [-0.3, -0.25) is 4.79 Å². The molecule has 2 unspecified atom stereocenters. The number of aliphatic hydroxyl groups is 1. The number of rotatable bonds is 6. The van der Waals surface area contributed by atoms with Gasteiger partial charge in [0.15, 0.2) is 5.78 Å². The van der Waals surface area contributed by atoms with E-state index in [1.165, 1.54) is 6.92 Å². The van der Waals surface area contributed by atoms with E-state index >= 15 is 0 Å². The minimum atomic E-state index is -0.524. The van der Waals surface area contributed by atoms with Gasteiger partial charge in [0, 0.05) is 6.04 Å². The highest BCUT2D eigenvalue weighted by Crippen LogP contribution is 2.13. The van der Waals surface area contributed by atoms with Crippen LogP contribution in [0.25, 0.3) is 0 Å². The number of aliphatic hydroxyl groups excluding tert-OH is 1. The molecule has 0 bridgehead atoms. The van der Waals surface area contributed by atoms with E-state index in [1.54, 1.807) is 19.1 Å². The molecule has 1 aromatic carbocycles. The van der Waals surface area contributed by atoms with E-state index < -0.39 is 6.10 Å². The van der Waals surface area contributed by atoms with Gasteiger partial charge in [-0.2, -0.15) is 0 Å². The predicted molar refractivity (Wildman–Crippen MR) is 66.0 cm³/mol. The number of nitrogens with two attached hydrogens (primary N) is 1. The quantitative estimate of drug-likeness (QED) is 0.771. The van der Waals surface area contributed by atoms with E-state index in [9.17, 15) is 9.90 Å². The molecule has 3 N–H and O–H groups in total. The van der Waals surface area contributed by atoms with E-state index in [0.29, 0.717) is 12.2 Å². The Morgan fingerprint density at radius 3 is 2.47 bits per heavy atom. The van der Waals surface area contributed by atoms with Crippen molar-refractivity contribution in [3.8, 4) is 5.75 Å². The average molecular weight is 237 g/mol. The molecule has 4 nitrogen and oxygen atoms in total. The third-order valence-corrected chi connectivity index (χ3v) is 2.46. The Hall–Kier alpha value is -1.39. The molecule has 0 saturated carbocycles. The lowest BCUT2D eigenvalue weighted by molar-refractivity contribution is -0.118. The number of benzene rings is 1. The molecule has 0 aliphatic heterocycles. The van der Waals surface area contributed by atoms with Gasteiger partial charge in [0.2, 0.25) is 0 Å². The van der Waals surface area contributed by atoms with E-state index in [1.807, 2.05) is 12.1 Å². The van der Waals surface area contributed by atoms with Crippen molar-refractivity contribution in [1.29, 1.82) is 0 Å². The first-order chi connectivity index (χ1) is 7.99. The summed E-state index contributed by atoms with van der Waals surface area (Å²) in [7, 11) is 0. The van der Waals surface area contributed by atoms with Crippen LogP contribution in [-0.4, -0.2) is 29.6 Å². The second-order valence-corrected chi connectivity index (χ2v) is 4.24. The minimum absolute atomic E-state index is 0.00907. The molecule has 0 saturated heterocycles. The summed E-state index contributed by atoms with van der Waals surface area (Å²) in [5.74, 6) is 0.653. The minimum Gasteiger partial charge on any atom is -0.486 e. The zero-order valence-corrected chi connectivity index (χ0v) is 10.2. The molecule has 0 aliphatic carbocycles. The topological polar surface area (TPSA) is 72.5 Å². The normalized spacial score (nSPS) is 14.1. The summed E-state index contributed by atoms with van der Waals surface area (Å²) >= 11 is 0. The van der Waals surface area contributed by atoms with Crippen LogP contribution in [0.15, 0.2) is 24.3 Å². The number of ketones is 1. The highest BCUT2D eigenvalue weighted by atomic mass is 16.5. The van der Waals surface area contributed by atoms with Crippen LogP contribution in [0, 0.1) is 0 Å². The van der Waals surface area contributed by atoms with Gasteiger partial charge >= 0.3 is 0 Å². The maximum atomic E-state index is 10.7. The lowest BCUT2D eigenvalue weighted by Crippen LogP contribution is -2.34. The summed E-state index contributed by atoms with van der Waals surface area (Å²) in [4.78, 5) is 10.7. The van der Waals surface area contributed by atoms with Crippen molar-refractivity contribution in [2.24, 2.45) is 5.73 Å². The van der Waals surface area contributed by atoms with Crippen LogP contribution < -0.4 is 10.5 Å². The van der Waals surface area contributed by atoms with Crippen LogP contribution in [0.5, 0.6) is 5.75 Å². The molecule has 0 aromatic heterocycles. The molecule has 0 radical (unpaired) electrons. The molecule has 2 atom stereocenters. The zero-order valence-electron chi connectivity index (χ0n) is 10.2. The van der Waals surface area contributed by atoms with Crippen LogP contribution >= 0.6 is 0 Å². The highest BCUT2D eigenvalue weighted by molar-refractivity contribution is 5.77. The largest absolute Gasteiger partial charge is 0.486 e. The smallest absolute Gasteiger partial charge is 0.167 e. The lowest BCUT2D eigenvalue weighted by atomic mass is 10.0. The van der Waals surface area contributed by atoms with Crippen molar-refractivity contribution in [3.05, 3.63) is 29.8 Å². The number of Topliss-reactive ketones (excluding diaryl/α,β-unsaturated/α-hetero) is 1. The molecule has 17 heavy (non-hydrogen) atoms. The summed E-state index contributed by atoms with van der Waals surface area (Å²) in [6, 6.07) is 7.11. The molecule has 0 spiro atoms. The van der Waals surface area contributed by atoms with E-state index in [-0.39, 0.29) is 18.4 Å². The lowest BCUT2D eigenvalue weighted by Gasteiger charge is -2.14. The second kappa shape index (κ2) is 6.37. The Balaban J connectivity index is 2.53. The van der Waals surface area contributed by atoms with Gasteiger partial charge in [0.1, 0.15) is 12.4 Å². The molecule has 0 amide bonds. The van der Waals surface area contributed by atoms with Gasteiger partial charge in [0.05, 0.1) is 6.10 Å². The van der Waals surface area contributed by atoms with Gasteiger partial charge in [-0.25, -0.2) is 0 Å². The Morgan fingerprint density at radius 1 is 1.41 bits per heavy atom. The summed E-state index contributed by atoms with van der Waals surface area (Å²) < 4.78 is 5.24. The van der Waals surface area contributed by atoms with Crippen LogP contribution in [0.2, 0.25) is 0 Å². The predicted octanol–water partition coefficient (Wildman–Crippen LogP) is 0.905. The summed E-state index contributed by atoms with van der Waals surface area (Å²) in [5, 5.41) is 9.29. The van der Waals surface area contributed by atoms with Crippen LogP contribution in [0.3, 0.4) is 0 Å². The van der Waals surface area contributed by atoms with Gasteiger partial charge in [-0.1, -0.05) is 12.1 Å². The third kappa shape index (κ3) is 4.97. The molecule has 1 aromatic rings. The SMILES string of the molecule is CC(=O)COc1ccc(CC(N)C(C)O)cc1. The van der Waals surface area contributed by atoms with E-state index in [4.69, 9.17) is 10.5 Å². The highest BCUT2D eigenvalue weighted by Gasteiger charge is 2.09. The van der Waals surface area contributed by atoms with Crippen LogP contribution in [0.1, 0.15) is 19.4 Å². The standard InChI is InChI=1S/C13H19NO3/c1-9(15)8-17-12-5-3-11(4-6-12)7-13(14)10(2)16/h3-6,10,13,16H,7-8,14H2,1-2H3. The first kappa shape index (κ1) is 13.7. The number of ether oxygens (including phenoxy) is 1. The average Bonchev–Trinajstić information content (AvgIpc) is 2.28. The van der Waals surface area contributed by atoms with Crippen molar-refractivity contribution < 1.29 is 14.6 Å². The monoisotopic (exact) mass is 237 g/mol. The number of carbonyl (C=O) groups is 1. The Morgan fingerprint density at radius 2 is 2.00 bits per heavy atom. The van der Waals surface area contributed by atoms with Crippen molar-refractivity contribution in [3.63, 3.8) is 0 Å². The number of carbonyl (C=O) groups excluding carboxylic acids is 1. The van der Waals surface area contributed by atoms with Gasteiger partial charge < -0.3 is 15.6 Å². The van der Waals surface area contributed by atoms with E-state index in [0.717, 1.165) is 5.56 Å². The summed E-state index contributed by atoms with van der Waals surface area (Å²) in [6.07, 6.45) is 0.0913. The molecule has 0 heterocycles. The molecule has 0 aliphatic rings. The molecule has 0 fully saturated rings. The first-order valence-corrected chi connectivity index (χ1v) is 5.64. The maximum absolute atomic E-state index is 10.7. The van der Waals surface area contributed by atoms with Crippen molar-refractivity contribution in [1.82, 2.24) is 0 Å². The molecular formula is C13H19NO3. The fourth-order valence-electron chi connectivity index (χ4n) is 1.35. The van der Waals surface area contributed by atoms with Gasteiger partial charge in [-0.05, 0) is 38.0 Å². The van der Waals surface area contributed by atoms with Gasteiger partial charge in [0.25, 0.3) is 0 Å². The van der Waals surface area contributed by atoms with Crippen LogP contribution in [0.4, 0.5) is 0 Å². The number of hydrogen-bond donors (Lipinski definition) is 2. The Bertz CT molecular complexity index is 359. The molecule has 4 heteroatoms. The van der Waals surface area contributed by atoms with Crippen molar-refractivity contribution in [2.45, 2.75) is 32.4 Å². The van der Waals surface area contributed by atoms with Crippen LogP contribution in [-0.2, 0) is 11.2 Å². The summed E-state index contributed by atoms with van der Waals surface area (Å²) in [6.45, 7) is 3.25. The van der Waals surface area contributed by atoms with Gasteiger partial charge in [-0.15, -0.1) is 0 Å². The van der Waals surface area contributed by atoms with E-state index in [2.05, 4.69) is 0 Å². The Kier molecular flexibility index (Phi) is 5.12. The second-order valence-electron chi connectivity index (χ2n) is 4.24. The molecule has 1 rings (SSSR count). The zero-order chi connectivity index (χ0) is 12.8.